The highest BCUT2D eigenvalue weighted by Gasteiger charge is 2.37. The number of aromatic nitrogens is 2. The molecule has 2 heterocycles. The molecule has 0 saturated carbocycles. The Labute approximate surface area is 313 Å². The SMILES string of the molecule is CC1(C)c2cc3ccccc3cc2-c2c(-c3ccccc3-c3cc(-c4cccc5oc6c7ccccc7ccc6c45)nc(-c4ccccc4)n3)cccc21. The molecule has 0 saturated heterocycles. The Bertz CT molecular complexity index is 3130. The molecular weight excluding hydrogens is 657 g/mol. The van der Waals surface area contributed by atoms with E-state index in [0.29, 0.717) is 5.82 Å². The number of fused-ring (bicyclic) bond motifs is 9. The highest BCUT2D eigenvalue weighted by molar-refractivity contribution is 6.19. The first-order valence-corrected chi connectivity index (χ1v) is 18.6. The minimum absolute atomic E-state index is 0.139. The predicted molar refractivity (Wildman–Crippen MR) is 224 cm³/mol. The summed E-state index contributed by atoms with van der Waals surface area (Å²) in [4.78, 5) is 10.6. The number of furan rings is 1. The number of hydrogen-bond donors (Lipinski definition) is 0. The fourth-order valence-electron chi connectivity index (χ4n) is 8.85. The largest absolute Gasteiger partial charge is 0.455 e. The predicted octanol–water partition coefficient (Wildman–Crippen LogP) is 13.7. The maximum atomic E-state index is 6.61. The van der Waals surface area contributed by atoms with Crippen molar-refractivity contribution in [2.75, 3.05) is 0 Å². The van der Waals surface area contributed by atoms with Crippen LogP contribution < -0.4 is 0 Å². The van der Waals surface area contributed by atoms with Crippen LogP contribution in [0.4, 0.5) is 0 Å². The standard InChI is InChI=1S/C51H34N2O/c1-51(2)42-24-12-22-38(47(42)41-28-33-17-6-7-18-34(33)29-43(41)51)36-20-10-11-21-37(36)44-30-45(53-50(52-44)32-15-4-3-5-16-32)39-23-13-25-46-48(39)40-27-26-31-14-8-9-19-35(31)49(40)54-46/h3-30H,1-2H3. The summed E-state index contributed by atoms with van der Waals surface area (Å²) in [7, 11) is 0. The van der Waals surface area contributed by atoms with Gasteiger partial charge in [-0.15, -0.1) is 0 Å². The van der Waals surface area contributed by atoms with E-state index in [1.807, 2.05) is 18.2 Å². The Morgan fingerprint density at radius 2 is 1.09 bits per heavy atom. The van der Waals surface area contributed by atoms with Crippen LogP contribution >= 0.6 is 0 Å². The van der Waals surface area contributed by atoms with E-state index in [0.717, 1.165) is 66.4 Å². The summed E-state index contributed by atoms with van der Waals surface area (Å²) in [5.41, 5.74) is 14.0. The minimum atomic E-state index is -0.139. The smallest absolute Gasteiger partial charge is 0.160 e. The van der Waals surface area contributed by atoms with Crippen LogP contribution in [0.2, 0.25) is 0 Å². The molecule has 254 valence electrons. The van der Waals surface area contributed by atoms with E-state index in [-0.39, 0.29) is 5.41 Å². The summed E-state index contributed by atoms with van der Waals surface area (Å²) in [5.74, 6) is 0.685. The Morgan fingerprint density at radius 3 is 1.93 bits per heavy atom. The van der Waals surface area contributed by atoms with Crippen molar-refractivity contribution in [1.82, 2.24) is 9.97 Å². The van der Waals surface area contributed by atoms with E-state index in [1.165, 1.54) is 38.6 Å². The van der Waals surface area contributed by atoms with Gasteiger partial charge in [-0.1, -0.05) is 153 Å². The number of hydrogen-bond acceptors (Lipinski definition) is 3. The second kappa shape index (κ2) is 11.6. The van der Waals surface area contributed by atoms with Gasteiger partial charge < -0.3 is 4.42 Å². The van der Waals surface area contributed by atoms with Crippen molar-refractivity contribution in [2.45, 2.75) is 19.3 Å². The molecule has 0 N–H and O–H groups in total. The van der Waals surface area contributed by atoms with E-state index >= 15 is 0 Å². The van der Waals surface area contributed by atoms with Crippen LogP contribution in [0.1, 0.15) is 25.0 Å². The van der Waals surface area contributed by atoms with Gasteiger partial charge in [-0.2, -0.15) is 0 Å². The van der Waals surface area contributed by atoms with Gasteiger partial charge >= 0.3 is 0 Å². The zero-order chi connectivity index (χ0) is 36.0. The molecule has 0 amide bonds. The lowest BCUT2D eigenvalue weighted by Gasteiger charge is -2.22. The molecule has 54 heavy (non-hydrogen) atoms. The van der Waals surface area contributed by atoms with Crippen molar-refractivity contribution < 1.29 is 4.42 Å². The van der Waals surface area contributed by atoms with Gasteiger partial charge in [0, 0.05) is 38.3 Å². The van der Waals surface area contributed by atoms with Crippen molar-refractivity contribution in [2.24, 2.45) is 0 Å². The molecule has 11 rings (SSSR count). The van der Waals surface area contributed by atoms with Gasteiger partial charge in [0.1, 0.15) is 11.2 Å². The first-order valence-electron chi connectivity index (χ1n) is 18.6. The molecule has 0 fully saturated rings. The van der Waals surface area contributed by atoms with Gasteiger partial charge in [0.05, 0.1) is 11.4 Å². The fraction of sp³-hybridized carbons (Fsp3) is 0.0588. The quantitative estimate of drug-likeness (QED) is 0.184. The van der Waals surface area contributed by atoms with E-state index < -0.39 is 0 Å². The number of nitrogens with zero attached hydrogens (tertiary/aromatic N) is 2. The minimum Gasteiger partial charge on any atom is -0.455 e. The highest BCUT2D eigenvalue weighted by Crippen LogP contribution is 2.54. The van der Waals surface area contributed by atoms with Crippen LogP contribution in [0, 0.1) is 0 Å². The Balaban J connectivity index is 1.16. The molecule has 0 spiro atoms. The molecule has 3 nitrogen and oxygen atoms in total. The summed E-state index contributed by atoms with van der Waals surface area (Å²) in [6.07, 6.45) is 0. The third-order valence-electron chi connectivity index (χ3n) is 11.5. The third kappa shape index (κ3) is 4.55. The van der Waals surface area contributed by atoms with Gasteiger partial charge in [-0.25, -0.2) is 9.97 Å². The molecule has 0 radical (unpaired) electrons. The number of benzene rings is 8. The molecule has 10 aromatic rings. The number of rotatable bonds is 4. The monoisotopic (exact) mass is 690 g/mol. The van der Waals surface area contributed by atoms with Crippen LogP contribution in [0.5, 0.6) is 0 Å². The molecule has 3 heteroatoms. The summed E-state index contributed by atoms with van der Waals surface area (Å²) in [5, 5.41) is 6.92. The lowest BCUT2D eigenvalue weighted by atomic mass is 9.81. The maximum Gasteiger partial charge on any atom is 0.160 e. The van der Waals surface area contributed by atoms with Crippen LogP contribution in [0.3, 0.4) is 0 Å². The van der Waals surface area contributed by atoms with Gasteiger partial charge in [-0.3, -0.25) is 0 Å². The zero-order valence-corrected chi connectivity index (χ0v) is 30.0. The molecule has 1 aliphatic carbocycles. The normalized spacial score (nSPS) is 13.1. The lowest BCUT2D eigenvalue weighted by Crippen LogP contribution is -2.14. The van der Waals surface area contributed by atoms with Gasteiger partial charge in [-0.05, 0) is 79.9 Å². The highest BCUT2D eigenvalue weighted by atomic mass is 16.3. The Kier molecular flexibility index (Phi) is 6.60. The summed E-state index contributed by atoms with van der Waals surface area (Å²) >= 11 is 0. The van der Waals surface area contributed by atoms with Crippen molar-refractivity contribution in [3.63, 3.8) is 0 Å². The van der Waals surface area contributed by atoms with E-state index in [2.05, 4.69) is 166 Å². The van der Waals surface area contributed by atoms with Crippen molar-refractivity contribution >= 4 is 43.5 Å². The van der Waals surface area contributed by atoms with Crippen LogP contribution in [0.15, 0.2) is 174 Å². The second-order valence-electron chi connectivity index (χ2n) is 14.9. The van der Waals surface area contributed by atoms with Crippen LogP contribution in [0.25, 0.3) is 99.6 Å². The van der Waals surface area contributed by atoms with E-state index in [1.54, 1.807) is 0 Å². The molecule has 2 aromatic heterocycles. The summed E-state index contributed by atoms with van der Waals surface area (Å²) in [6, 6.07) is 60.5. The molecular formula is C51H34N2O. The average molecular weight is 691 g/mol. The topological polar surface area (TPSA) is 38.9 Å². The first-order chi connectivity index (χ1) is 26.5. The van der Waals surface area contributed by atoms with Crippen molar-refractivity contribution in [3.05, 3.63) is 181 Å². The average Bonchev–Trinajstić information content (AvgIpc) is 3.72. The van der Waals surface area contributed by atoms with Crippen LogP contribution in [-0.2, 0) is 5.41 Å². The van der Waals surface area contributed by atoms with Gasteiger partial charge in [0.2, 0.25) is 0 Å². The third-order valence-corrected chi connectivity index (χ3v) is 11.5. The molecule has 0 unspecified atom stereocenters. The molecule has 0 atom stereocenters. The molecule has 8 aromatic carbocycles. The van der Waals surface area contributed by atoms with Crippen LogP contribution in [-0.4, -0.2) is 9.97 Å². The van der Waals surface area contributed by atoms with E-state index in [4.69, 9.17) is 14.4 Å². The lowest BCUT2D eigenvalue weighted by molar-refractivity contribution is 0.661. The van der Waals surface area contributed by atoms with Crippen molar-refractivity contribution in [3.8, 4) is 56.2 Å². The van der Waals surface area contributed by atoms with E-state index in [9.17, 15) is 0 Å². The molecule has 0 aliphatic heterocycles. The Morgan fingerprint density at radius 1 is 0.444 bits per heavy atom. The zero-order valence-electron chi connectivity index (χ0n) is 30.0. The Hall–Kier alpha value is -6.84. The molecule has 1 aliphatic rings. The summed E-state index contributed by atoms with van der Waals surface area (Å²) in [6.45, 7) is 4.71. The van der Waals surface area contributed by atoms with Gasteiger partial charge in [0.15, 0.2) is 5.82 Å². The maximum absolute atomic E-state index is 6.61. The first kappa shape index (κ1) is 30.8. The molecule has 0 bridgehead atoms. The second-order valence-corrected chi connectivity index (χ2v) is 14.9. The van der Waals surface area contributed by atoms with Crippen molar-refractivity contribution in [1.29, 1.82) is 0 Å². The fourth-order valence-corrected chi connectivity index (χ4v) is 8.85. The summed E-state index contributed by atoms with van der Waals surface area (Å²) < 4.78 is 6.61. The van der Waals surface area contributed by atoms with Gasteiger partial charge in [0.25, 0.3) is 0 Å².